The molecule has 1 saturated heterocycles. The van der Waals surface area contributed by atoms with Crippen LogP contribution < -0.4 is 5.32 Å². The Morgan fingerprint density at radius 3 is 2.31 bits per heavy atom. The number of likely N-dealkylation sites (tertiary alicyclic amines) is 1. The van der Waals surface area contributed by atoms with Gasteiger partial charge in [-0.3, -0.25) is 9.59 Å². The first-order valence-electron chi connectivity index (χ1n) is 10.4. The molecule has 6 nitrogen and oxygen atoms in total. The molecule has 0 radical (unpaired) electrons. The van der Waals surface area contributed by atoms with E-state index in [1.54, 1.807) is 10.9 Å². The molecule has 29 heavy (non-hydrogen) atoms. The Kier molecular flexibility index (Phi) is 6.10. The molecular weight excluding hydrogens is 364 g/mol. The molecule has 3 rings (SSSR count). The molecule has 0 aliphatic carbocycles. The highest BCUT2D eigenvalue weighted by atomic mass is 16.2. The number of hydrogen-bond donors (Lipinski definition) is 1. The number of anilines is 1. The minimum atomic E-state index is -0.0816. The van der Waals surface area contributed by atoms with E-state index in [9.17, 15) is 9.59 Å². The molecule has 1 aliphatic heterocycles. The zero-order chi connectivity index (χ0) is 21.2. The number of piperidine rings is 1. The lowest BCUT2D eigenvalue weighted by molar-refractivity contribution is -0.121. The van der Waals surface area contributed by atoms with Crippen LogP contribution in [0.3, 0.4) is 0 Å². The molecule has 0 atom stereocenters. The van der Waals surface area contributed by atoms with Crippen LogP contribution in [0, 0.1) is 12.8 Å². The zero-order valence-electron chi connectivity index (χ0n) is 18.2. The van der Waals surface area contributed by atoms with Gasteiger partial charge in [-0.1, -0.05) is 32.9 Å². The summed E-state index contributed by atoms with van der Waals surface area (Å²) in [6, 6.07) is 7.89. The maximum atomic E-state index is 12.8. The van der Waals surface area contributed by atoms with Crippen LogP contribution in [0.2, 0.25) is 0 Å². The molecule has 1 fully saturated rings. The lowest BCUT2D eigenvalue weighted by atomic mass is 9.86. The van der Waals surface area contributed by atoms with Crippen LogP contribution in [0.5, 0.6) is 0 Å². The van der Waals surface area contributed by atoms with Gasteiger partial charge in [0.05, 0.1) is 6.20 Å². The highest BCUT2D eigenvalue weighted by Gasteiger charge is 2.28. The molecule has 0 bridgehead atoms. The zero-order valence-corrected chi connectivity index (χ0v) is 18.2. The number of aromatic nitrogens is 2. The van der Waals surface area contributed by atoms with Crippen molar-refractivity contribution in [3.05, 3.63) is 47.2 Å². The van der Waals surface area contributed by atoms with E-state index in [1.807, 2.05) is 43.0 Å². The number of benzene rings is 1. The van der Waals surface area contributed by atoms with Crippen molar-refractivity contribution >= 4 is 17.6 Å². The second-order valence-electron chi connectivity index (χ2n) is 8.88. The van der Waals surface area contributed by atoms with Gasteiger partial charge in [0.25, 0.3) is 5.91 Å². The van der Waals surface area contributed by atoms with Crippen LogP contribution in [-0.2, 0) is 16.8 Å². The van der Waals surface area contributed by atoms with Crippen LogP contribution in [0.15, 0.2) is 30.5 Å². The lowest BCUT2D eigenvalue weighted by Crippen LogP contribution is -2.41. The average Bonchev–Trinajstić information content (AvgIpc) is 3.06. The van der Waals surface area contributed by atoms with E-state index in [4.69, 9.17) is 0 Å². The maximum Gasteiger partial charge on any atom is 0.253 e. The van der Waals surface area contributed by atoms with E-state index < -0.39 is 0 Å². The molecule has 0 unspecified atom stereocenters. The first-order valence-corrected chi connectivity index (χ1v) is 10.4. The van der Waals surface area contributed by atoms with Gasteiger partial charge in [0.15, 0.2) is 0 Å². The summed E-state index contributed by atoms with van der Waals surface area (Å²) in [5, 5.41) is 7.31. The van der Waals surface area contributed by atoms with Crippen LogP contribution in [0.25, 0.3) is 0 Å². The number of aryl methyl sites for hydroxylation is 2. The highest BCUT2D eigenvalue weighted by Crippen LogP contribution is 2.25. The van der Waals surface area contributed by atoms with E-state index in [1.165, 1.54) is 5.56 Å². The molecular formula is C23H32N4O2. The first kappa shape index (κ1) is 21.1. The van der Waals surface area contributed by atoms with E-state index in [2.05, 4.69) is 31.2 Å². The van der Waals surface area contributed by atoms with Gasteiger partial charge in [0.2, 0.25) is 5.91 Å². The van der Waals surface area contributed by atoms with Gasteiger partial charge in [-0.25, -0.2) is 4.68 Å². The van der Waals surface area contributed by atoms with Gasteiger partial charge >= 0.3 is 0 Å². The van der Waals surface area contributed by atoms with E-state index in [0.29, 0.717) is 38.0 Å². The van der Waals surface area contributed by atoms with Gasteiger partial charge in [-0.15, -0.1) is 0 Å². The number of amides is 2. The first-order chi connectivity index (χ1) is 13.7. The minimum absolute atomic E-state index is 0.0185. The fourth-order valence-electron chi connectivity index (χ4n) is 3.74. The summed E-state index contributed by atoms with van der Waals surface area (Å²) in [6.45, 7) is 12.3. The number of nitrogens with zero attached hydrogens (tertiary/aromatic N) is 3. The summed E-state index contributed by atoms with van der Waals surface area (Å²) >= 11 is 0. The number of carbonyl (C=O) groups is 2. The van der Waals surface area contributed by atoms with Crippen LogP contribution in [0.4, 0.5) is 5.82 Å². The van der Waals surface area contributed by atoms with Gasteiger partial charge in [-0.2, -0.15) is 5.10 Å². The standard InChI is InChI=1S/C23H32N4O2/c1-6-27-20(16(2)15-24-27)25-21(28)17-11-13-26(14-12-17)22(29)18-7-9-19(10-8-18)23(3,4)5/h7-10,15,17H,6,11-14H2,1-5H3,(H,25,28). The van der Waals surface area contributed by atoms with E-state index in [0.717, 1.165) is 11.4 Å². The van der Waals surface area contributed by atoms with Crippen molar-refractivity contribution < 1.29 is 9.59 Å². The summed E-state index contributed by atoms with van der Waals surface area (Å²) in [6.07, 6.45) is 3.12. The Hall–Kier alpha value is -2.63. The van der Waals surface area contributed by atoms with Crippen LogP contribution in [0.1, 0.15) is 62.0 Å². The molecule has 1 aromatic heterocycles. The Morgan fingerprint density at radius 2 is 1.76 bits per heavy atom. The number of carbonyl (C=O) groups excluding carboxylic acids is 2. The van der Waals surface area contributed by atoms with Crippen molar-refractivity contribution in [1.82, 2.24) is 14.7 Å². The SMILES string of the molecule is CCn1ncc(C)c1NC(=O)C1CCN(C(=O)c2ccc(C(C)(C)C)cc2)CC1. The van der Waals surface area contributed by atoms with Crippen molar-refractivity contribution in [2.45, 2.75) is 59.4 Å². The van der Waals surface area contributed by atoms with Crippen LogP contribution >= 0.6 is 0 Å². The molecule has 1 aromatic carbocycles. The summed E-state index contributed by atoms with van der Waals surface area (Å²) in [7, 11) is 0. The topological polar surface area (TPSA) is 67.2 Å². The summed E-state index contributed by atoms with van der Waals surface area (Å²) < 4.78 is 1.80. The fourth-order valence-corrected chi connectivity index (χ4v) is 3.74. The summed E-state index contributed by atoms with van der Waals surface area (Å²) in [5.74, 6) is 0.756. The maximum absolute atomic E-state index is 12.8. The lowest BCUT2D eigenvalue weighted by Gasteiger charge is -2.31. The Labute approximate surface area is 173 Å². The predicted octanol–water partition coefficient (Wildman–Crippen LogP) is 4.00. The van der Waals surface area contributed by atoms with Crippen LogP contribution in [-0.4, -0.2) is 39.6 Å². The quantitative estimate of drug-likeness (QED) is 0.849. The molecule has 2 amide bonds. The molecule has 1 aliphatic rings. The van der Waals surface area contributed by atoms with Gasteiger partial charge in [-0.05, 0) is 49.8 Å². The molecule has 2 aromatic rings. The van der Waals surface area contributed by atoms with Crippen molar-refractivity contribution in [2.75, 3.05) is 18.4 Å². The number of nitrogens with one attached hydrogen (secondary N) is 1. The molecule has 0 saturated carbocycles. The largest absolute Gasteiger partial charge is 0.339 e. The Morgan fingerprint density at radius 1 is 1.14 bits per heavy atom. The normalized spacial score (nSPS) is 15.4. The van der Waals surface area contributed by atoms with Crippen molar-refractivity contribution in [3.63, 3.8) is 0 Å². The van der Waals surface area contributed by atoms with Crippen molar-refractivity contribution in [3.8, 4) is 0 Å². The van der Waals surface area contributed by atoms with Gasteiger partial charge in [0.1, 0.15) is 5.82 Å². The monoisotopic (exact) mass is 396 g/mol. The third-order valence-electron chi connectivity index (χ3n) is 5.71. The molecule has 1 N–H and O–H groups in total. The molecule has 0 spiro atoms. The second kappa shape index (κ2) is 8.39. The van der Waals surface area contributed by atoms with Gasteiger partial charge in [0, 0.05) is 36.7 Å². The van der Waals surface area contributed by atoms with E-state index >= 15 is 0 Å². The number of hydrogen-bond acceptors (Lipinski definition) is 3. The van der Waals surface area contributed by atoms with Crippen molar-refractivity contribution in [2.24, 2.45) is 5.92 Å². The predicted molar refractivity (Wildman–Crippen MR) is 115 cm³/mol. The Balaban J connectivity index is 1.57. The molecule has 156 valence electrons. The molecule has 2 heterocycles. The fraction of sp³-hybridized carbons (Fsp3) is 0.522. The van der Waals surface area contributed by atoms with Crippen molar-refractivity contribution in [1.29, 1.82) is 0 Å². The highest BCUT2D eigenvalue weighted by molar-refractivity contribution is 5.95. The Bertz CT molecular complexity index is 869. The molecule has 6 heteroatoms. The third-order valence-corrected chi connectivity index (χ3v) is 5.71. The third kappa shape index (κ3) is 4.69. The second-order valence-corrected chi connectivity index (χ2v) is 8.88. The van der Waals surface area contributed by atoms with E-state index in [-0.39, 0.29) is 23.1 Å². The smallest absolute Gasteiger partial charge is 0.253 e. The average molecular weight is 397 g/mol. The number of rotatable bonds is 4. The summed E-state index contributed by atoms with van der Waals surface area (Å²) in [5.41, 5.74) is 2.96. The van der Waals surface area contributed by atoms with Gasteiger partial charge < -0.3 is 10.2 Å². The minimum Gasteiger partial charge on any atom is -0.339 e. The summed E-state index contributed by atoms with van der Waals surface area (Å²) in [4.78, 5) is 27.4.